The van der Waals surface area contributed by atoms with E-state index in [1.165, 1.54) is 12.4 Å². The first kappa shape index (κ1) is 15.0. The Balaban J connectivity index is 1.79. The number of rotatable bonds is 5. The van der Waals surface area contributed by atoms with Gasteiger partial charge in [0.2, 0.25) is 5.88 Å². The van der Waals surface area contributed by atoms with Crippen molar-refractivity contribution >= 4 is 11.6 Å². The molecule has 5 nitrogen and oxygen atoms in total. The molecule has 23 heavy (non-hydrogen) atoms. The third-order valence-electron chi connectivity index (χ3n) is 3.06. The number of halogens is 2. The zero-order chi connectivity index (χ0) is 16.2. The number of benzene rings is 1. The van der Waals surface area contributed by atoms with E-state index < -0.39 is 11.6 Å². The molecule has 118 valence electrons. The van der Waals surface area contributed by atoms with Crippen molar-refractivity contribution in [1.29, 1.82) is 0 Å². The van der Waals surface area contributed by atoms with Crippen molar-refractivity contribution in [2.75, 3.05) is 11.9 Å². The summed E-state index contributed by atoms with van der Waals surface area (Å²) < 4.78 is 33.2. The van der Waals surface area contributed by atoms with Crippen molar-refractivity contribution in [1.82, 2.24) is 14.5 Å². The molecule has 7 heteroatoms. The fourth-order valence-corrected chi connectivity index (χ4v) is 2.02. The van der Waals surface area contributed by atoms with Gasteiger partial charge in [0.05, 0.1) is 12.8 Å². The molecule has 1 N–H and O–H groups in total. The summed E-state index contributed by atoms with van der Waals surface area (Å²) in [7, 11) is 0. The maximum Gasteiger partial charge on any atom is 0.215 e. The minimum Gasteiger partial charge on any atom is -0.478 e. The lowest BCUT2D eigenvalue weighted by Gasteiger charge is -2.05. The van der Waals surface area contributed by atoms with Crippen LogP contribution in [0.2, 0.25) is 0 Å². The smallest absolute Gasteiger partial charge is 0.215 e. The fourth-order valence-electron chi connectivity index (χ4n) is 2.02. The molecule has 0 spiro atoms. The Morgan fingerprint density at radius 2 is 2.00 bits per heavy atom. The predicted molar refractivity (Wildman–Crippen MR) is 82.2 cm³/mol. The molecule has 0 amide bonds. The Labute approximate surface area is 131 Å². The number of hydrogen-bond acceptors (Lipinski definition) is 4. The molecule has 0 radical (unpaired) electrons. The summed E-state index contributed by atoms with van der Waals surface area (Å²) in [5.41, 5.74) is 0.473. The van der Waals surface area contributed by atoms with Crippen LogP contribution in [0.5, 0.6) is 5.88 Å². The van der Waals surface area contributed by atoms with Gasteiger partial charge in [0.1, 0.15) is 18.0 Å². The van der Waals surface area contributed by atoms with Crippen LogP contribution in [-0.2, 0) is 0 Å². The van der Waals surface area contributed by atoms with Gasteiger partial charge in [-0.15, -0.1) is 0 Å². The molecule has 0 bridgehead atoms. The number of anilines is 2. The molecule has 2 heterocycles. The molecule has 0 saturated carbocycles. The van der Waals surface area contributed by atoms with Crippen LogP contribution in [0.3, 0.4) is 0 Å². The van der Waals surface area contributed by atoms with Crippen LogP contribution in [0.15, 0.2) is 48.9 Å². The Bertz CT molecular complexity index is 819. The van der Waals surface area contributed by atoms with Crippen LogP contribution in [0, 0.1) is 11.6 Å². The van der Waals surface area contributed by atoms with E-state index in [-0.39, 0.29) is 0 Å². The molecule has 3 rings (SSSR count). The lowest BCUT2D eigenvalue weighted by Crippen LogP contribution is -1.98. The Morgan fingerprint density at radius 1 is 1.13 bits per heavy atom. The van der Waals surface area contributed by atoms with Gasteiger partial charge in [-0.25, -0.2) is 13.8 Å². The predicted octanol–water partition coefficient (Wildman–Crippen LogP) is 3.69. The van der Waals surface area contributed by atoms with Crippen LogP contribution >= 0.6 is 0 Å². The highest BCUT2D eigenvalue weighted by Gasteiger charge is 2.06. The summed E-state index contributed by atoms with van der Waals surface area (Å²) in [6.07, 6.45) is 3.16. The maximum absolute atomic E-state index is 13.3. The quantitative estimate of drug-likeness (QED) is 0.780. The molecular weight excluding hydrogens is 302 g/mol. The van der Waals surface area contributed by atoms with E-state index in [2.05, 4.69) is 15.3 Å². The maximum atomic E-state index is 13.3. The number of nitrogens with one attached hydrogen (secondary N) is 1. The van der Waals surface area contributed by atoms with Gasteiger partial charge in [0.15, 0.2) is 11.6 Å². The average Bonchev–Trinajstić information content (AvgIpc) is 2.99. The molecule has 0 aliphatic rings. The van der Waals surface area contributed by atoms with Gasteiger partial charge < -0.3 is 14.6 Å². The number of ether oxygens (including phenoxy) is 1. The first-order valence-corrected chi connectivity index (χ1v) is 7.02. The number of pyridine rings is 1. The van der Waals surface area contributed by atoms with E-state index in [0.29, 0.717) is 29.8 Å². The normalized spacial score (nSPS) is 10.6. The SMILES string of the molecule is CCOc1cccc(Nc2cn(-c3ccc(F)c(F)c3)cn2)n1. The highest BCUT2D eigenvalue weighted by atomic mass is 19.2. The number of nitrogens with zero attached hydrogens (tertiary/aromatic N) is 3. The lowest BCUT2D eigenvalue weighted by molar-refractivity contribution is 0.327. The van der Waals surface area contributed by atoms with Gasteiger partial charge in [-0.2, -0.15) is 4.98 Å². The number of imidazole rings is 1. The standard InChI is InChI=1S/C16H14F2N4O/c1-2-23-16-5-3-4-14(21-16)20-15-9-22(10-19-15)11-6-7-12(17)13(18)8-11/h3-10H,2H2,1H3,(H,20,21). The molecule has 0 saturated heterocycles. The molecular formula is C16H14F2N4O. The zero-order valence-electron chi connectivity index (χ0n) is 12.3. The molecule has 3 aromatic rings. The molecule has 0 aliphatic heterocycles. The summed E-state index contributed by atoms with van der Waals surface area (Å²) in [4.78, 5) is 8.44. The summed E-state index contributed by atoms with van der Waals surface area (Å²) in [6, 6.07) is 9.00. The number of hydrogen-bond donors (Lipinski definition) is 1. The van der Waals surface area contributed by atoms with E-state index in [4.69, 9.17) is 4.74 Å². The minimum absolute atomic E-state index is 0.473. The fraction of sp³-hybridized carbons (Fsp3) is 0.125. The van der Waals surface area contributed by atoms with Crippen LogP contribution in [0.25, 0.3) is 5.69 Å². The largest absolute Gasteiger partial charge is 0.478 e. The molecule has 0 unspecified atom stereocenters. The molecule has 2 aromatic heterocycles. The second-order valence-corrected chi connectivity index (χ2v) is 4.68. The Kier molecular flexibility index (Phi) is 4.18. The summed E-state index contributed by atoms with van der Waals surface area (Å²) in [6.45, 7) is 2.41. The van der Waals surface area contributed by atoms with E-state index in [1.807, 2.05) is 13.0 Å². The first-order chi connectivity index (χ1) is 11.2. The Morgan fingerprint density at radius 3 is 2.78 bits per heavy atom. The van der Waals surface area contributed by atoms with Gasteiger partial charge in [-0.1, -0.05) is 6.07 Å². The van der Waals surface area contributed by atoms with Crippen LogP contribution in [-0.4, -0.2) is 21.1 Å². The van der Waals surface area contributed by atoms with Crippen molar-refractivity contribution in [3.63, 3.8) is 0 Å². The van der Waals surface area contributed by atoms with E-state index in [9.17, 15) is 8.78 Å². The van der Waals surface area contributed by atoms with Crippen LogP contribution in [0.1, 0.15) is 6.92 Å². The molecule has 0 fully saturated rings. The van der Waals surface area contributed by atoms with Crippen molar-refractivity contribution < 1.29 is 13.5 Å². The van der Waals surface area contributed by atoms with Crippen molar-refractivity contribution in [2.45, 2.75) is 6.92 Å². The second-order valence-electron chi connectivity index (χ2n) is 4.68. The number of aromatic nitrogens is 3. The van der Waals surface area contributed by atoms with Gasteiger partial charge >= 0.3 is 0 Å². The highest BCUT2D eigenvalue weighted by Crippen LogP contribution is 2.18. The zero-order valence-corrected chi connectivity index (χ0v) is 12.3. The summed E-state index contributed by atoms with van der Waals surface area (Å²) in [5, 5.41) is 3.03. The summed E-state index contributed by atoms with van der Waals surface area (Å²) >= 11 is 0. The van der Waals surface area contributed by atoms with Crippen molar-refractivity contribution in [3.05, 3.63) is 60.6 Å². The van der Waals surface area contributed by atoms with Crippen molar-refractivity contribution in [3.8, 4) is 11.6 Å². The molecule has 0 aliphatic carbocycles. The van der Waals surface area contributed by atoms with E-state index in [1.54, 1.807) is 22.9 Å². The highest BCUT2D eigenvalue weighted by molar-refractivity contribution is 5.52. The van der Waals surface area contributed by atoms with Gasteiger partial charge in [0, 0.05) is 17.8 Å². The third-order valence-corrected chi connectivity index (χ3v) is 3.06. The van der Waals surface area contributed by atoms with Crippen LogP contribution in [0.4, 0.5) is 20.4 Å². The lowest BCUT2D eigenvalue weighted by atomic mass is 10.3. The van der Waals surface area contributed by atoms with E-state index >= 15 is 0 Å². The molecule has 0 atom stereocenters. The van der Waals surface area contributed by atoms with Gasteiger partial charge in [-0.3, -0.25) is 0 Å². The summed E-state index contributed by atoms with van der Waals surface area (Å²) in [5.74, 6) is -0.180. The monoisotopic (exact) mass is 316 g/mol. The second kappa shape index (κ2) is 6.43. The Hall–Kier alpha value is -2.96. The average molecular weight is 316 g/mol. The van der Waals surface area contributed by atoms with Gasteiger partial charge in [0.25, 0.3) is 0 Å². The first-order valence-electron chi connectivity index (χ1n) is 7.02. The topological polar surface area (TPSA) is 52.0 Å². The third kappa shape index (κ3) is 3.45. The van der Waals surface area contributed by atoms with Crippen LogP contribution < -0.4 is 10.1 Å². The molecule has 1 aromatic carbocycles. The van der Waals surface area contributed by atoms with Crippen molar-refractivity contribution in [2.24, 2.45) is 0 Å². The van der Waals surface area contributed by atoms with Gasteiger partial charge in [-0.05, 0) is 25.1 Å². The van der Waals surface area contributed by atoms with E-state index in [0.717, 1.165) is 12.1 Å². The minimum atomic E-state index is -0.906.